The van der Waals surface area contributed by atoms with Crippen molar-refractivity contribution in [2.24, 2.45) is 0 Å². The van der Waals surface area contributed by atoms with E-state index in [1.54, 1.807) is 11.8 Å². The summed E-state index contributed by atoms with van der Waals surface area (Å²) in [5, 5.41) is 0. The molecule has 1 atom stereocenters. The lowest BCUT2D eigenvalue weighted by Gasteiger charge is -2.25. The molecule has 1 saturated heterocycles. The quantitative estimate of drug-likeness (QED) is 0.920. The third-order valence-corrected chi connectivity index (χ3v) is 4.14. The number of hydrogen-bond acceptors (Lipinski definition) is 4. The van der Waals surface area contributed by atoms with Gasteiger partial charge in [0.05, 0.1) is 11.8 Å². The minimum absolute atomic E-state index is 0.0695. The highest BCUT2D eigenvalue weighted by Gasteiger charge is 2.27. The van der Waals surface area contributed by atoms with Crippen molar-refractivity contribution in [1.82, 2.24) is 14.9 Å². The van der Waals surface area contributed by atoms with Crippen molar-refractivity contribution >= 4 is 5.91 Å². The number of carbonyl (C=O) groups is 1. The molecule has 1 aromatic heterocycles. The molecule has 6 heteroatoms. The molecule has 0 spiro atoms. The SMILES string of the molecule is CCN(C[C@@H]1CCCO1)C(=O)c1c(C)nc(C(C)(C)C)[nH]c1=O. The Labute approximate surface area is 137 Å². The first kappa shape index (κ1) is 17.7. The molecule has 2 heterocycles. The van der Waals surface area contributed by atoms with Crippen LogP contribution in [0.1, 0.15) is 62.4 Å². The molecule has 1 amide bonds. The van der Waals surface area contributed by atoms with Gasteiger partial charge in [-0.05, 0) is 26.7 Å². The number of amides is 1. The normalized spacial score (nSPS) is 18.2. The van der Waals surface area contributed by atoms with Gasteiger partial charge in [0.25, 0.3) is 11.5 Å². The van der Waals surface area contributed by atoms with Gasteiger partial charge in [0, 0.05) is 25.1 Å². The van der Waals surface area contributed by atoms with Crippen LogP contribution in [-0.2, 0) is 10.2 Å². The second kappa shape index (κ2) is 6.83. The molecule has 0 aliphatic carbocycles. The second-order valence-electron chi connectivity index (χ2n) is 7.10. The van der Waals surface area contributed by atoms with Crippen molar-refractivity contribution in [2.75, 3.05) is 19.7 Å². The molecule has 2 rings (SSSR count). The molecule has 0 radical (unpaired) electrons. The molecular formula is C17H27N3O3. The average Bonchev–Trinajstić information content (AvgIpc) is 2.95. The Bertz CT molecular complexity index is 625. The van der Waals surface area contributed by atoms with Crippen LogP contribution in [0.25, 0.3) is 0 Å². The van der Waals surface area contributed by atoms with Gasteiger partial charge in [-0.25, -0.2) is 4.98 Å². The predicted octanol–water partition coefficient (Wildman–Crippen LogP) is 2.02. The van der Waals surface area contributed by atoms with Gasteiger partial charge in [-0.3, -0.25) is 9.59 Å². The van der Waals surface area contributed by atoms with E-state index in [0.29, 0.717) is 24.6 Å². The number of H-pyrrole nitrogens is 1. The zero-order chi connectivity index (χ0) is 17.2. The van der Waals surface area contributed by atoms with Crippen LogP contribution in [0.15, 0.2) is 4.79 Å². The molecule has 0 saturated carbocycles. The summed E-state index contributed by atoms with van der Waals surface area (Å²) in [5.74, 6) is 0.327. The van der Waals surface area contributed by atoms with Gasteiger partial charge < -0.3 is 14.6 Å². The molecule has 1 N–H and O–H groups in total. The number of ether oxygens (including phenoxy) is 1. The zero-order valence-electron chi connectivity index (χ0n) is 14.7. The maximum Gasteiger partial charge on any atom is 0.264 e. The first-order valence-electron chi connectivity index (χ1n) is 8.26. The summed E-state index contributed by atoms with van der Waals surface area (Å²) in [4.78, 5) is 34.1. The van der Waals surface area contributed by atoms with E-state index in [9.17, 15) is 9.59 Å². The van der Waals surface area contributed by atoms with Crippen molar-refractivity contribution in [3.63, 3.8) is 0 Å². The van der Waals surface area contributed by atoms with Crippen LogP contribution in [0, 0.1) is 6.92 Å². The number of rotatable bonds is 4. The molecular weight excluding hydrogens is 294 g/mol. The third kappa shape index (κ3) is 3.99. The number of likely N-dealkylation sites (N-methyl/N-ethyl adjacent to an activating group) is 1. The highest BCUT2D eigenvalue weighted by molar-refractivity contribution is 5.94. The number of nitrogens with zero attached hydrogens (tertiary/aromatic N) is 2. The van der Waals surface area contributed by atoms with Crippen LogP contribution >= 0.6 is 0 Å². The summed E-state index contributed by atoms with van der Waals surface area (Å²) in [5.41, 5.74) is -0.0151. The standard InChI is InChI=1S/C17H27N3O3/c1-6-20(10-12-8-7-9-23-12)15(22)13-11(2)18-16(17(3,4)5)19-14(13)21/h12H,6-10H2,1-5H3,(H,18,19,21)/t12-/m0/s1. The number of carbonyl (C=O) groups excluding carboxylic acids is 1. The maximum atomic E-state index is 12.8. The van der Waals surface area contributed by atoms with Crippen LogP contribution in [0.2, 0.25) is 0 Å². The Morgan fingerprint density at radius 2 is 2.13 bits per heavy atom. The summed E-state index contributed by atoms with van der Waals surface area (Å²) in [7, 11) is 0. The van der Waals surface area contributed by atoms with Crippen molar-refractivity contribution in [3.8, 4) is 0 Å². The minimum atomic E-state index is -0.363. The lowest BCUT2D eigenvalue weighted by Crippen LogP contribution is -2.41. The highest BCUT2D eigenvalue weighted by Crippen LogP contribution is 2.18. The topological polar surface area (TPSA) is 75.3 Å². The first-order valence-corrected chi connectivity index (χ1v) is 8.26. The van der Waals surface area contributed by atoms with Crippen molar-refractivity contribution in [1.29, 1.82) is 0 Å². The molecule has 0 bridgehead atoms. The molecule has 23 heavy (non-hydrogen) atoms. The average molecular weight is 321 g/mol. The lowest BCUT2D eigenvalue weighted by atomic mass is 9.95. The fourth-order valence-electron chi connectivity index (χ4n) is 2.74. The van der Waals surface area contributed by atoms with E-state index in [1.165, 1.54) is 0 Å². The van der Waals surface area contributed by atoms with Gasteiger partial charge in [-0.15, -0.1) is 0 Å². The minimum Gasteiger partial charge on any atom is -0.376 e. The van der Waals surface area contributed by atoms with Crippen LogP contribution < -0.4 is 5.56 Å². The molecule has 128 valence electrons. The van der Waals surface area contributed by atoms with E-state index < -0.39 is 0 Å². The third-order valence-electron chi connectivity index (χ3n) is 4.14. The van der Waals surface area contributed by atoms with Gasteiger partial charge in [0.15, 0.2) is 0 Å². The monoisotopic (exact) mass is 321 g/mol. The smallest absolute Gasteiger partial charge is 0.264 e. The number of aromatic nitrogens is 2. The van der Waals surface area contributed by atoms with Gasteiger partial charge in [-0.1, -0.05) is 20.8 Å². The van der Waals surface area contributed by atoms with Crippen LogP contribution in [-0.4, -0.2) is 46.6 Å². The summed E-state index contributed by atoms with van der Waals surface area (Å²) in [6.07, 6.45) is 2.05. The van der Waals surface area contributed by atoms with Gasteiger partial charge in [-0.2, -0.15) is 0 Å². The van der Waals surface area contributed by atoms with E-state index >= 15 is 0 Å². The zero-order valence-corrected chi connectivity index (χ0v) is 14.7. The van der Waals surface area contributed by atoms with Crippen LogP contribution in [0.3, 0.4) is 0 Å². The largest absolute Gasteiger partial charge is 0.376 e. The number of aryl methyl sites for hydroxylation is 1. The van der Waals surface area contributed by atoms with E-state index in [-0.39, 0.29) is 28.5 Å². The fraction of sp³-hybridized carbons (Fsp3) is 0.706. The molecule has 1 fully saturated rings. The maximum absolute atomic E-state index is 12.8. The van der Waals surface area contributed by atoms with Gasteiger partial charge >= 0.3 is 0 Å². The summed E-state index contributed by atoms with van der Waals surface area (Å²) >= 11 is 0. The molecule has 1 aliphatic rings. The molecule has 1 aromatic rings. The number of hydrogen-bond donors (Lipinski definition) is 1. The Hall–Kier alpha value is -1.69. The van der Waals surface area contributed by atoms with Gasteiger partial charge in [0.1, 0.15) is 11.4 Å². The highest BCUT2D eigenvalue weighted by atomic mass is 16.5. The molecule has 0 aromatic carbocycles. The Morgan fingerprint density at radius 1 is 1.43 bits per heavy atom. The van der Waals surface area contributed by atoms with E-state index in [1.807, 2.05) is 27.7 Å². The van der Waals surface area contributed by atoms with Crippen LogP contribution in [0.5, 0.6) is 0 Å². The Balaban J connectivity index is 2.28. The Kier molecular flexibility index (Phi) is 5.24. The summed E-state index contributed by atoms with van der Waals surface area (Å²) in [6, 6.07) is 0. The fourth-order valence-corrected chi connectivity index (χ4v) is 2.74. The lowest BCUT2D eigenvalue weighted by molar-refractivity contribution is 0.0536. The van der Waals surface area contributed by atoms with E-state index in [0.717, 1.165) is 19.4 Å². The van der Waals surface area contributed by atoms with Crippen molar-refractivity contribution < 1.29 is 9.53 Å². The van der Waals surface area contributed by atoms with Crippen molar-refractivity contribution in [2.45, 2.75) is 59.0 Å². The number of aromatic amines is 1. The summed E-state index contributed by atoms with van der Waals surface area (Å²) in [6.45, 7) is 11.4. The predicted molar refractivity (Wildman–Crippen MR) is 88.8 cm³/mol. The number of nitrogens with one attached hydrogen (secondary N) is 1. The van der Waals surface area contributed by atoms with E-state index in [4.69, 9.17) is 4.74 Å². The molecule has 6 nitrogen and oxygen atoms in total. The van der Waals surface area contributed by atoms with Gasteiger partial charge in [0.2, 0.25) is 0 Å². The second-order valence-corrected chi connectivity index (χ2v) is 7.10. The Morgan fingerprint density at radius 3 is 2.61 bits per heavy atom. The molecule has 1 aliphatic heterocycles. The van der Waals surface area contributed by atoms with Crippen LogP contribution in [0.4, 0.5) is 0 Å². The molecule has 0 unspecified atom stereocenters. The van der Waals surface area contributed by atoms with Crippen molar-refractivity contribution in [3.05, 3.63) is 27.4 Å². The van der Waals surface area contributed by atoms with E-state index in [2.05, 4.69) is 9.97 Å². The summed E-state index contributed by atoms with van der Waals surface area (Å²) < 4.78 is 5.60. The first-order chi connectivity index (χ1) is 10.7.